The number of nitrogens with zero attached hydrogens (tertiary/aromatic N) is 3. The molecule has 2 heterocycles. The van der Waals surface area contributed by atoms with Crippen LogP contribution in [0.4, 0.5) is 5.95 Å². The van der Waals surface area contributed by atoms with Crippen LogP contribution in [0.2, 0.25) is 0 Å². The van der Waals surface area contributed by atoms with Gasteiger partial charge in [-0.25, -0.2) is 9.55 Å². The number of fused-ring (bicyclic) bond motifs is 1. The summed E-state index contributed by atoms with van der Waals surface area (Å²) in [4.78, 5) is 33.6. The predicted molar refractivity (Wildman–Crippen MR) is 140 cm³/mol. The van der Waals surface area contributed by atoms with Crippen molar-refractivity contribution in [2.75, 3.05) is 44.9 Å². The van der Waals surface area contributed by atoms with E-state index in [1.54, 1.807) is 29.9 Å². The standard InChI is InChI=1S/C28H32N4O4/c1-35-23-9-5-8-22(19-23)32-27(34)24-11-10-21(26(33)29-13-12-20-6-3-2-4-7-20)18-25(24)30-28(32)31-14-16-36-17-15-31/h5-6,8-11,18-19H,2-4,7,12-17H2,1H3,(H,29,33). The average Bonchev–Trinajstić information content (AvgIpc) is 2.93. The molecule has 0 saturated carbocycles. The molecule has 1 saturated heterocycles. The summed E-state index contributed by atoms with van der Waals surface area (Å²) in [6.07, 6.45) is 7.93. The van der Waals surface area contributed by atoms with Gasteiger partial charge in [-0.05, 0) is 62.4 Å². The fraction of sp³-hybridized carbons (Fsp3) is 0.393. The fourth-order valence-electron chi connectivity index (χ4n) is 4.84. The van der Waals surface area contributed by atoms with Crippen LogP contribution in [0.15, 0.2) is 58.9 Å². The van der Waals surface area contributed by atoms with E-state index in [1.807, 2.05) is 24.3 Å². The van der Waals surface area contributed by atoms with E-state index in [2.05, 4.69) is 16.3 Å². The van der Waals surface area contributed by atoms with E-state index in [-0.39, 0.29) is 11.5 Å². The third-order valence-corrected chi connectivity index (χ3v) is 6.84. The van der Waals surface area contributed by atoms with Crippen molar-refractivity contribution in [2.24, 2.45) is 0 Å². The van der Waals surface area contributed by atoms with E-state index in [0.29, 0.717) is 66.7 Å². The number of carbonyl (C=O) groups excluding carboxylic acids is 1. The number of amides is 1. The van der Waals surface area contributed by atoms with Crippen molar-refractivity contribution in [1.29, 1.82) is 0 Å². The molecule has 1 amide bonds. The van der Waals surface area contributed by atoms with E-state index in [1.165, 1.54) is 18.4 Å². The molecule has 36 heavy (non-hydrogen) atoms. The van der Waals surface area contributed by atoms with Crippen LogP contribution in [0, 0.1) is 0 Å². The first kappa shape index (κ1) is 24.1. The van der Waals surface area contributed by atoms with Crippen molar-refractivity contribution >= 4 is 22.8 Å². The Morgan fingerprint density at radius 3 is 2.78 bits per heavy atom. The van der Waals surface area contributed by atoms with Crippen LogP contribution in [-0.4, -0.2) is 55.4 Å². The Kier molecular flexibility index (Phi) is 7.32. The van der Waals surface area contributed by atoms with Crippen molar-refractivity contribution in [2.45, 2.75) is 32.1 Å². The van der Waals surface area contributed by atoms with Gasteiger partial charge in [0.25, 0.3) is 11.5 Å². The summed E-state index contributed by atoms with van der Waals surface area (Å²) in [5.41, 5.74) is 2.91. The van der Waals surface area contributed by atoms with Crippen molar-refractivity contribution in [3.63, 3.8) is 0 Å². The van der Waals surface area contributed by atoms with Crippen molar-refractivity contribution in [3.05, 3.63) is 70.0 Å². The summed E-state index contributed by atoms with van der Waals surface area (Å²) < 4.78 is 12.5. The number of methoxy groups -OCH3 is 1. The topological polar surface area (TPSA) is 85.7 Å². The van der Waals surface area contributed by atoms with Crippen molar-refractivity contribution in [1.82, 2.24) is 14.9 Å². The highest BCUT2D eigenvalue weighted by atomic mass is 16.5. The molecule has 3 aromatic rings. The van der Waals surface area contributed by atoms with Crippen LogP contribution in [0.25, 0.3) is 16.6 Å². The molecule has 2 aliphatic rings. The summed E-state index contributed by atoms with van der Waals surface area (Å²) >= 11 is 0. The normalized spacial score (nSPS) is 16.0. The van der Waals surface area contributed by atoms with Gasteiger partial charge in [0, 0.05) is 31.3 Å². The second kappa shape index (κ2) is 11.0. The molecule has 0 spiro atoms. The van der Waals surface area contributed by atoms with Crippen LogP contribution in [0.3, 0.4) is 0 Å². The molecule has 0 atom stereocenters. The van der Waals surface area contributed by atoms with E-state index < -0.39 is 0 Å². The van der Waals surface area contributed by atoms with Gasteiger partial charge in [-0.3, -0.25) is 9.59 Å². The maximum absolute atomic E-state index is 13.7. The second-order valence-corrected chi connectivity index (χ2v) is 9.20. The van der Waals surface area contributed by atoms with Gasteiger partial charge in [0.15, 0.2) is 0 Å². The zero-order valence-corrected chi connectivity index (χ0v) is 20.7. The highest BCUT2D eigenvalue weighted by molar-refractivity contribution is 5.97. The van der Waals surface area contributed by atoms with Gasteiger partial charge in [0.2, 0.25) is 5.95 Å². The Morgan fingerprint density at radius 1 is 1.14 bits per heavy atom. The van der Waals surface area contributed by atoms with E-state index in [4.69, 9.17) is 14.5 Å². The molecular formula is C28H32N4O4. The molecular weight excluding hydrogens is 456 g/mol. The van der Waals surface area contributed by atoms with E-state index in [9.17, 15) is 9.59 Å². The molecule has 1 aromatic heterocycles. The van der Waals surface area contributed by atoms with Crippen LogP contribution in [0.5, 0.6) is 5.75 Å². The summed E-state index contributed by atoms with van der Waals surface area (Å²) in [5.74, 6) is 1.04. The third kappa shape index (κ3) is 5.14. The van der Waals surface area contributed by atoms with Crippen molar-refractivity contribution < 1.29 is 14.3 Å². The van der Waals surface area contributed by atoms with Crippen LogP contribution < -0.4 is 20.5 Å². The van der Waals surface area contributed by atoms with Gasteiger partial charge in [0.1, 0.15) is 5.75 Å². The first-order valence-corrected chi connectivity index (χ1v) is 12.6. The smallest absolute Gasteiger partial charge is 0.267 e. The Morgan fingerprint density at radius 2 is 2.00 bits per heavy atom. The van der Waals surface area contributed by atoms with Gasteiger partial charge in [0.05, 0.1) is 36.9 Å². The zero-order chi connectivity index (χ0) is 24.9. The first-order valence-electron chi connectivity index (χ1n) is 12.6. The molecule has 1 aliphatic carbocycles. The molecule has 0 bridgehead atoms. The van der Waals surface area contributed by atoms with Crippen LogP contribution in [0.1, 0.15) is 42.5 Å². The minimum absolute atomic E-state index is 0.153. The lowest BCUT2D eigenvalue weighted by Gasteiger charge is -2.30. The number of carbonyl (C=O) groups is 1. The van der Waals surface area contributed by atoms with Crippen molar-refractivity contribution in [3.8, 4) is 11.4 Å². The fourth-order valence-corrected chi connectivity index (χ4v) is 4.84. The molecule has 1 aliphatic heterocycles. The first-order chi connectivity index (χ1) is 17.6. The predicted octanol–water partition coefficient (Wildman–Crippen LogP) is 3.85. The van der Waals surface area contributed by atoms with Gasteiger partial charge in [-0.1, -0.05) is 17.7 Å². The van der Waals surface area contributed by atoms with Crippen LogP contribution in [-0.2, 0) is 4.74 Å². The van der Waals surface area contributed by atoms with E-state index in [0.717, 1.165) is 19.3 Å². The lowest BCUT2D eigenvalue weighted by molar-refractivity contribution is 0.0954. The van der Waals surface area contributed by atoms with Gasteiger partial charge in [-0.2, -0.15) is 0 Å². The number of hydrogen-bond donors (Lipinski definition) is 1. The number of aromatic nitrogens is 2. The lowest BCUT2D eigenvalue weighted by atomic mass is 9.97. The molecule has 0 unspecified atom stereocenters. The molecule has 0 radical (unpaired) electrons. The second-order valence-electron chi connectivity index (χ2n) is 9.20. The average molecular weight is 489 g/mol. The molecule has 1 fully saturated rings. The number of anilines is 1. The SMILES string of the molecule is COc1cccc(-n2c(N3CCOCC3)nc3cc(C(=O)NCCC4=CCCCC4)ccc3c2=O)c1. The number of benzene rings is 2. The molecule has 2 aromatic carbocycles. The lowest BCUT2D eigenvalue weighted by Crippen LogP contribution is -2.40. The summed E-state index contributed by atoms with van der Waals surface area (Å²) in [6, 6.07) is 12.5. The third-order valence-electron chi connectivity index (χ3n) is 6.84. The number of allylic oxidation sites excluding steroid dienone is 1. The molecule has 8 heteroatoms. The summed E-state index contributed by atoms with van der Waals surface area (Å²) in [6.45, 7) is 2.97. The van der Waals surface area contributed by atoms with Gasteiger partial charge >= 0.3 is 0 Å². The molecule has 1 N–H and O–H groups in total. The summed E-state index contributed by atoms with van der Waals surface area (Å²) in [7, 11) is 1.60. The minimum Gasteiger partial charge on any atom is -0.497 e. The quantitative estimate of drug-likeness (QED) is 0.509. The maximum atomic E-state index is 13.7. The van der Waals surface area contributed by atoms with Gasteiger partial charge in [-0.15, -0.1) is 0 Å². The largest absolute Gasteiger partial charge is 0.497 e. The highest BCUT2D eigenvalue weighted by Crippen LogP contribution is 2.24. The summed E-state index contributed by atoms with van der Waals surface area (Å²) in [5, 5.41) is 3.48. The minimum atomic E-state index is -0.189. The molecule has 5 rings (SSSR count). The van der Waals surface area contributed by atoms with Gasteiger partial charge < -0.3 is 19.7 Å². The number of morpholine rings is 1. The highest BCUT2D eigenvalue weighted by Gasteiger charge is 2.21. The van der Waals surface area contributed by atoms with E-state index >= 15 is 0 Å². The Balaban J connectivity index is 1.48. The number of nitrogens with one attached hydrogen (secondary N) is 1. The Hall–Kier alpha value is -3.65. The Labute approximate surface area is 210 Å². The molecule has 8 nitrogen and oxygen atoms in total. The number of hydrogen-bond acceptors (Lipinski definition) is 6. The monoisotopic (exact) mass is 488 g/mol. The number of rotatable bonds is 7. The van der Waals surface area contributed by atoms with Crippen LogP contribution >= 0.6 is 0 Å². The zero-order valence-electron chi connectivity index (χ0n) is 20.7. The molecule has 188 valence electrons. The number of ether oxygens (including phenoxy) is 2. The maximum Gasteiger partial charge on any atom is 0.267 e. The Bertz CT molecular complexity index is 1340.